The topological polar surface area (TPSA) is 110 Å². The fourth-order valence-corrected chi connectivity index (χ4v) is 8.70. The van der Waals surface area contributed by atoms with Crippen LogP contribution in [0.1, 0.15) is 58.6 Å². The summed E-state index contributed by atoms with van der Waals surface area (Å²) in [6.45, 7) is 10.6. The third-order valence-electron chi connectivity index (χ3n) is 11.3. The SMILES string of the molecule is CC1CCCN(CC(=O)C2CC34CCC(O3)C(C(=O)Cc3cc(F)c(F)cn3)C4C(=O)N2C(C)CN2CCN(C#N)CC2)C1C. The molecule has 10 nitrogen and oxygen atoms in total. The summed E-state index contributed by atoms with van der Waals surface area (Å²) in [7, 11) is 0. The lowest BCUT2D eigenvalue weighted by atomic mass is 9.64. The van der Waals surface area contributed by atoms with Gasteiger partial charge in [0.25, 0.3) is 0 Å². The van der Waals surface area contributed by atoms with Crippen LogP contribution in [-0.4, -0.2) is 118 Å². The van der Waals surface area contributed by atoms with E-state index in [0.29, 0.717) is 57.9 Å². The van der Waals surface area contributed by atoms with Crippen molar-refractivity contribution < 1.29 is 27.9 Å². The van der Waals surface area contributed by atoms with E-state index in [9.17, 15) is 28.4 Å². The van der Waals surface area contributed by atoms with Gasteiger partial charge in [0.2, 0.25) is 5.91 Å². The second kappa shape index (κ2) is 12.6. The summed E-state index contributed by atoms with van der Waals surface area (Å²) in [5, 5.41) is 9.27. The number of carbonyl (C=O) groups excluding carboxylic acids is 3. The van der Waals surface area contributed by atoms with Crippen molar-refractivity contribution >= 4 is 17.5 Å². The first-order chi connectivity index (χ1) is 21.5. The summed E-state index contributed by atoms with van der Waals surface area (Å²) in [5.74, 6) is -3.67. The predicted molar refractivity (Wildman–Crippen MR) is 159 cm³/mol. The highest BCUT2D eigenvalue weighted by atomic mass is 19.2. The molecular weight excluding hydrogens is 582 g/mol. The number of rotatable bonds is 9. The molecule has 1 spiro atoms. The largest absolute Gasteiger partial charge is 0.370 e. The molecule has 0 radical (unpaired) electrons. The van der Waals surface area contributed by atoms with E-state index in [-0.39, 0.29) is 48.2 Å². The van der Waals surface area contributed by atoms with Gasteiger partial charge in [0.1, 0.15) is 5.78 Å². The lowest BCUT2D eigenvalue weighted by molar-refractivity contribution is -0.166. The lowest BCUT2D eigenvalue weighted by Crippen LogP contribution is -2.66. The van der Waals surface area contributed by atoms with Crippen molar-refractivity contribution in [3.8, 4) is 6.19 Å². The smallest absolute Gasteiger partial charge is 0.230 e. The molecule has 6 heterocycles. The number of hydrogen-bond donors (Lipinski definition) is 0. The van der Waals surface area contributed by atoms with Gasteiger partial charge >= 0.3 is 0 Å². The zero-order valence-electron chi connectivity index (χ0n) is 26.5. The molecule has 5 fully saturated rings. The highest BCUT2D eigenvalue weighted by molar-refractivity contribution is 5.97. The van der Waals surface area contributed by atoms with Crippen LogP contribution >= 0.6 is 0 Å². The van der Waals surface area contributed by atoms with E-state index in [1.54, 1.807) is 9.80 Å². The number of pyridine rings is 1. The molecule has 45 heavy (non-hydrogen) atoms. The van der Waals surface area contributed by atoms with E-state index in [4.69, 9.17) is 4.74 Å². The molecule has 12 heteroatoms. The van der Waals surface area contributed by atoms with Crippen LogP contribution in [0.4, 0.5) is 8.78 Å². The molecule has 0 aromatic carbocycles. The molecule has 1 amide bonds. The number of amides is 1. The van der Waals surface area contributed by atoms with E-state index in [0.717, 1.165) is 31.6 Å². The Labute approximate surface area is 263 Å². The summed E-state index contributed by atoms with van der Waals surface area (Å²) in [4.78, 5) is 54.5. The van der Waals surface area contributed by atoms with Crippen molar-refractivity contribution in [1.29, 1.82) is 5.26 Å². The van der Waals surface area contributed by atoms with Gasteiger partial charge in [-0.05, 0) is 58.1 Å². The number of piperazine rings is 1. The zero-order valence-corrected chi connectivity index (χ0v) is 26.5. The molecule has 5 aliphatic heterocycles. The maximum atomic E-state index is 14.7. The van der Waals surface area contributed by atoms with Crippen LogP contribution < -0.4 is 0 Å². The van der Waals surface area contributed by atoms with Gasteiger partial charge < -0.3 is 14.5 Å². The van der Waals surface area contributed by atoms with Crippen molar-refractivity contribution in [2.24, 2.45) is 17.8 Å². The molecule has 0 saturated carbocycles. The van der Waals surface area contributed by atoms with Gasteiger partial charge in [-0.15, -0.1) is 0 Å². The maximum Gasteiger partial charge on any atom is 0.230 e. The van der Waals surface area contributed by atoms with E-state index >= 15 is 0 Å². The number of Topliss-reactive ketones (excluding diaryl/α,β-unsaturated/α-hetero) is 2. The fourth-order valence-electron chi connectivity index (χ4n) is 8.70. The number of piperidine rings is 2. The number of fused-ring (bicyclic) bond motifs is 1. The number of ether oxygens (including phenoxy) is 1. The first-order valence-electron chi connectivity index (χ1n) is 16.5. The Bertz CT molecular complexity index is 1360. The molecule has 5 aliphatic rings. The Morgan fingerprint density at radius 3 is 2.60 bits per heavy atom. The quantitative estimate of drug-likeness (QED) is 0.382. The molecule has 8 unspecified atom stereocenters. The minimum Gasteiger partial charge on any atom is -0.370 e. The minimum absolute atomic E-state index is 0.00564. The van der Waals surface area contributed by atoms with Crippen LogP contribution in [-0.2, 0) is 25.5 Å². The van der Waals surface area contributed by atoms with Crippen molar-refractivity contribution in [2.75, 3.05) is 45.8 Å². The second-order valence-corrected chi connectivity index (χ2v) is 14.0. The Kier molecular flexibility index (Phi) is 8.98. The monoisotopic (exact) mass is 626 g/mol. The van der Waals surface area contributed by atoms with Crippen LogP contribution in [0.3, 0.4) is 0 Å². The van der Waals surface area contributed by atoms with Gasteiger partial charge in [-0.2, -0.15) is 5.26 Å². The van der Waals surface area contributed by atoms with Crippen LogP contribution in [0.2, 0.25) is 0 Å². The lowest BCUT2D eigenvalue weighted by Gasteiger charge is -2.50. The van der Waals surface area contributed by atoms with E-state index in [2.05, 4.69) is 34.8 Å². The molecular formula is C33H44F2N6O4. The molecule has 8 atom stereocenters. The number of aromatic nitrogens is 1. The number of ketones is 2. The highest BCUT2D eigenvalue weighted by Crippen LogP contribution is 2.57. The summed E-state index contributed by atoms with van der Waals surface area (Å²) in [6, 6.07) is 0.213. The normalized spacial score (nSPS) is 34.4. The number of nitrogens with zero attached hydrogens (tertiary/aromatic N) is 6. The van der Waals surface area contributed by atoms with Crippen LogP contribution in [0.5, 0.6) is 0 Å². The number of nitriles is 1. The summed E-state index contributed by atoms with van der Waals surface area (Å²) in [5.41, 5.74) is -0.794. The third kappa shape index (κ3) is 5.99. The highest BCUT2D eigenvalue weighted by Gasteiger charge is 2.68. The number of carbonyl (C=O) groups is 3. The molecule has 0 aliphatic carbocycles. The van der Waals surface area contributed by atoms with Gasteiger partial charge in [-0.3, -0.25) is 29.2 Å². The van der Waals surface area contributed by atoms with Crippen molar-refractivity contribution in [2.45, 2.75) is 89.1 Å². The van der Waals surface area contributed by atoms with Crippen molar-refractivity contribution in [3.05, 3.63) is 29.6 Å². The zero-order chi connectivity index (χ0) is 32.0. The summed E-state index contributed by atoms with van der Waals surface area (Å²) in [6.07, 6.45) is 5.97. The van der Waals surface area contributed by atoms with Crippen LogP contribution in [0.25, 0.3) is 0 Å². The van der Waals surface area contributed by atoms with Crippen LogP contribution in [0.15, 0.2) is 12.3 Å². The molecule has 6 rings (SSSR count). The Hall–Kier alpha value is -3.01. The number of hydrogen-bond acceptors (Lipinski definition) is 9. The first kappa shape index (κ1) is 32.0. The molecule has 1 aromatic rings. The minimum atomic E-state index is -1.08. The molecule has 2 bridgehead atoms. The summed E-state index contributed by atoms with van der Waals surface area (Å²) < 4.78 is 34.0. The molecule has 5 saturated heterocycles. The average molecular weight is 627 g/mol. The second-order valence-electron chi connectivity index (χ2n) is 14.0. The van der Waals surface area contributed by atoms with E-state index < -0.39 is 41.2 Å². The van der Waals surface area contributed by atoms with Crippen molar-refractivity contribution in [3.63, 3.8) is 0 Å². The van der Waals surface area contributed by atoms with Gasteiger partial charge in [0, 0.05) is 57.6 Å². The van der Waals surface area contributed by atoms with Gasteiger partial charge in [-0.25, -0.2) is 8.78 Å². The first-order valence-corrected chi connectivity index (χ1v) is 16.5. The Morgan fingerprint density at radius 1 is 1.13 bits per heavy atom. The van der Waals surface area contributed by atoms with Gasteiger partial charge in [0.15, 0.2) is 23.6 Å². The third-order valence-corrected chi connectivity index (χ3v) is 11.3. The van der Waals surface area contributed by atoms with Gasteiger partial charge in [-0.1, -0.05) is 6.92 Å². The molecule has 244 valence electrons. The molecule has 1 aromatic heterocycles. The van der Waals surface area contributed by atoms with E-state index in [1.165, 1.54) is 0 Å². The Morgan fingerprint density at radius 2 is 1.89 bits per heavy atom. The van der Waals surface area contributed by atoms with Crippen LogP contribution in [0, 0.1) is 40.8 Å². The van der Waals surface area contributed by atoms with E-state index in [1.807, 2.05) is 6.92 Å². The van der Waals surface area contributed by atoms with Gasteiger partial charge in [0.05, 0.1) is 48.0 Å². The van der Waals surface area contributed by atoms with Crippen molar-refractivity contribution in [1.82, 2.24) is 24.6 Å². The fraction of sp³-hybridized carbons (Fsp3) is 0.727. The molecule has 0 N–H and O–H groups in total. The number of likely N-dealkylation sites (tertiary alicyclic amines) is 2. The Balaban J connectivity index is 1.26. The average Bonchev–Trinajstić information content (AvgIpc) is 3.58. The number of halogens is 2. The predicted octanol–water partition coefficient (Wildman–Crippen LogP) is 2.41. The summed E-state index contributed by atoms with van der Waals surface area (Å²) >= 11 is 0. The maximum absolute atomic E-state index is 14.7. The standard InChI is InChI=1S/C33H44F2N6O4/c1-20-5-4-8-40(22(20)3)18-28(43)26-15-33-7-6-29(45-33)30(27(42)14-23-13-24(34)25(35)16-37-23)31(33)32(44)41(26)21(2)17-38-9-11-39(19-36)12-10-38/h13,16,20-22,26,29-31H,4-12,14-15,17-18H2,1-3H3.